The summed E-state index contributed by atoms with van der Waals surface area (Å²) in [6, 6.07) is 0.872. The van der Waals surface area contributed by atoms with E-state index in [1.165, 1.54) is 0 Å². The molecule has 3 heterocycles. The van der Waals surface area contributed by atoms with Crippen molar-refractivity contribution in [3.63, 3.8) is 0 Å². The van der Waals surface area contributed by atoms with Gasteiger partial charge in [0.25, 0.3) is 0 Å². The van der Waals surface area contributed by atoms with E-state index in [0.717, 1.165) is 51.7 Å². The van der Waals surface area contributed by atoms with Crippen LogP contribution in [0.1, 0.15) is 39.0 Å². The molecule has 3 saturated heterocycles. The molecule has 0 aromatic heterocycles. The Labute approximate surface area is 103 Å². The zero-order valence-electron chi connectivity index (χ0n) is 10.6. The van der Waals surface area contributed by atoms with Crippen LogP contribution in [0.3, 0.4) is 0 Å². The lowest BCUT2D eigenvalue weighted by Crippen LogP contribution is -2.48. The molecule has 2 atom stereocenters. The Hall–Kier alpha value is -0.740. The van der Waals surface area contributed by atoms with Crippen LogP contribution in [0.2, 0.25) is 0 Å². The largest absolute Gasteiger partial charge is 0.316 e. The number of fused-ring (bicyclic) bond motifs is 1. The molecule has 0 aromatic carbocycles. The summed E-state index contributed by atoms with van der Waals surface area (Å²) >= 11 is 0. The van der Waals surface area contributed by atoms with Crippen LogP contribution in [0.4, 0.5) is 0 Å². The minimum atomic E-state index is 0.333. The Morgan fingerprint density at radius 2 is 2.06 bits per heavy atom. The van der Waals surface area contributed by atoms with Crippen molar-refractivity contribution in [2.45, 2.75) is 51.1 Å². The first-order valence-corrected chi connectivity index (χ1v) is 6.69. The smallest absolute Gasteiger partial charge is 0.151 e. The van der Waals surface area contributed by atoms with Crippen molar-refractivity contribution in [3.05, 3.63) is 0 Å². The van der Waals surface area contributed by atoms with E-state index in [2.05, 4.69) is 17.1 Å². The van der Waals surface area contributed by atoms with Gasteiger partial charge in [-0.15, -0.1) is 0 Å². The summed E-state index contributed by atoms with van der Waals surface area (Å²) in [5.74, 6) is 0.878. The highest BCUT2D eigenvalue weighted by atomic mass is 16.1. The van der Waals surface area contributed by atoms with Gasteiger partial charge in [-0.1, -0.05) is 0 Å². The Morgan fingerprint density at radius 1 is 1.24 bits per heavy atom. The van der Waals surface area contributed by atoms with E-state index < -0.39 is 0 Å². The summed E-state index contributed by atoms with van der Waals surface area (Å²) < 4.78 is 0. The SMILES string of the molecule is CC1CC(=O)C2CCN12.O=C1CCCNCC1. The normalized spacial score (nSPS) is 33.2. The molecular weight excluding hydrogens is 216 g/mol. The standard InChI is InChI=1S/C7H11NO.C6H11NO/c1-5-4-7(9)6-2-3-8(5)6;8-6-2-1-4-7-5-3-6/h5-6H,2-4H2,1H3;7H,1-5H2. The van der Waals surface area contributed by atoms with Crippen LogP contribution in [0.5, 0.6) is 0 Å². The third kappa shape index (κ3) is 3.13. The van der Waals surface area contributed by atoms with Gasteiger partial charge < -0.3 is 5.32 Å². The number of nitrogens with zero attached hydrogens (tertiary/aromatic N) is 1. The monoisotopic (exact) mass is 238 g/mol. The fourth-order valence-electron chi connectivity index (χ4n) is 2.71. The Morgan fingerprint density at radius 3 is 2.59 bits per heavy atom. The van der Waals surface area contributed by atoms with Crippen LogP contribution >= 0.6 is 0 Å². The van der Waals surface area contributed by atoms with Crippen molar-refractivity contribution in [2.75, 3.05) is 19.6 Å². The Balaban J connectivity index is 0.000000128. The van der Waals surface area contributed by atoms with Gasteiger partial charge in [-0.3, -0.25) is 14.5 Å². The van der Waals surface area contributed by atoms with Crippen LogP contribution in [-0.4, -0.2) is 48.2 Å². The summed E-state index contributed by atoms with van der Waals surface area (Å²) in [6.07, 6.45) is 4.46. The van der Waals surface area contributed by atoms with Crippen molar-refractivity contribution >= 4 is 11.6 Å². The second kappa shape index (κ2) is 5.74. The van der Waals surface area contributed by atoms with Crippen molar-refractivity contribution in [1.29, 1.82) is 0 Å². The number of ketones is 2. The molecule has 0 radical (unpaired) electrons. The molecule has 3 aliphatic rings. The average molecular weight is 238 g/mol. The van der Waals surface area contributed by atoms with E-state index in [-0.39, 0.29) is 0 Å². The highest BCUT2D eigenvalue weighted by Crippen LogP contribution is 2.30. The van der Waals surface area contributed by atoms with Gasteiger partial charge in [0.05, 0.1) is 6.04 Å². The molecule has 0 spiro atoms. The van der Waals surface area contributed by atoms with Gasteiger partial charge in [-0.25, -0.2) is 0 Å². The summed E-state index contributed by atoms with van der Waals surface area (Å²) in [7, 11) is 0. The quantitative estimate of drug-likeness (QED) is 0.676. The molecule has 0 aromatic rings. The number of Topliss-reactive ketones (excluding diaryl/α,β-unsaturated/α-hetero) is 2. The molecule has 96 valence electrons. The second-order valence-electron chi connectivity index (χ2n) is 5.20. The van der Waals surface area contributed by atoms with Gasteiger partial charge in [-0.05, 0) is 26.3 Å². The molecule has 2 unspecified atom stereocenters. The maximum Gasteiger partial charge on any atom is 0.151 e. The van der Waals surface area contributed by atoms with Crippen LogP contribution in [0.25, 0.3) is 0 Å². The highest BCUT2D eigenvalue weighted by Gasteiger charge is 2.43. The van der Waals surface area contributed by atoms with Gasteiger partial charge in [0.2, 0.25) is 0 Å². The fraction of sp³-hybridized carbons (Fsp3) is 0.846. The van der Waals surface area contributed by atoms with Gasteiger partial charge in [0, 0.05) is 38.4 Å². The maximum absolute atomic E-state index is 11.0. The lowest BCUT2D eigenvalue weighted by Gasteiger charge is -2.36. The van der Waals surface area contributed by atoms with E-state index in [1.54, 1.807) is 0 Å². The minimum Gasteiger partial charge on any atom is -0.316 e. The zero-order valence-corrected chi connectivity index (χ0v) is 10.6. The first kappa shape index (κ1) is 12.7. The Kier molecular flexibility index (Phi) is 4.29. The van der Waals surface area contributed by atoms with Crippen molar-refractivity contribution in [2.24, 2.45) is 0 Å². The number of hydrogen-bond acceptors (Lipinski definition) is 4. The van der Waals surface area contributed by atoms with E-state index in [1.807, 2.05) is 0 Å². The van der Waals surface area contributed by atoms with Gasteiger partial charge in [0.15, 0.2) is 5.78 Å². The van der Waals surface area contributed by atoms with Crippen molar-refractivity contribution in [3.8, 4) is 0 Å². The van der Waals surface area contributed by atoms with E-state index in [0.29, 0.717) is 23.7 Å². The molecule has 4 nitrogen and oxygen atoms in total. The summed E-state index contributed by atoms with van der Waals surface area (Å²) in [5.41, 5.74) is 0. The average Bonchev–Trinajstić information content (AvgIpc) is 2.42. The van der Waals surface area contributed by atoms with Crippen molar-refractivity contribution < 1.29 is 9.59 Å². The summed E-state index contributed by atoms with van der Waals surface area (Å²) in [6.45, 7) is 5.19. The van der Waals surface area contributed by atoms with Crippen LogP contribution in [0, 0.1) is 0 Å². The van der Waals surface area contributed by atoms with Crippen molar-refractivity contribution in [1.82, 2.24) is 10.2 Å². The van der Waals surface area contributed by atoms with Gasteiger partial charge >= 0.3 is 0 Å². The maximum atomic E-state index is 11.0. The van der Waals surface area contributed by atoms with E-state index in [9.17, 15) is 9.59 Å². The Bertz CT molecular complexity index is 294. The number of carbonyl (C=O) groups is 2. The first-order valence-electron chi connectivity index (χ1n) is 6.69. The summed E-state index contributed by atoms with van der Waals surface area (Å²) in [5, 5.41) is 3.16. The molecular formula is C13H22N2O2. The van der Waals surface area contributed by atoms with Crippen LogP contribution in [0.15, 0.2) is 0 Å². The molecule has 0 bridgehead atoms. The molecule has 3 rings (SSSR count). The topological polar surface area (TPSA) is 49.4 Å². The zero-order chi connectivity index (χ0) is 12.3. The fourth-order valence-corrected chi connectivity index (χ4v) is 2.71. The molecule has 3 fully saturated rings. The number of rotatable bonds is 0. The van der Waals surface area contributed by atoms with Crippen LogP contribution < -0.4 is 5.32 Å². The predicted octanol–water partition coefficient (Wildman–Crippen LogP) is 0.751. The first-order chi connectivity index (χ1) is 8.18. The number of nitrogens with one attached hydrogen (secondary N) is 1. The molecule has 0 saturated carbocycles. The third-order valence-corrected chi connectivity index (χ3v) is 3.89. The lowest BCUT2D eigenvalue weighted by atomic mass is 10.0. The molecule has 0 aliphatic carbocycles. The lowest BCUT2D eigenvalue weighted by molar-refractivity contribution is -0.122. The second-order valence-corrected chi connectivity index (χ2v) is 5.20. The van der Waals surface area contributed by atoms with Gasteiger partial charge in [-0.2, -0.15) is 0 Å². The highest BCUT2D eigenvalue weighted by molar-refractivity contribution is 5.87. The predicted molar refractivity (Wildman–Crippen MR) is 65.9 cm³/mol. The van der Waals surface area contributed by atoms with E-state index in [4.69, 9.17) is 0 Å². The molecule has 1 N–H and O–H groups in total. The molecule has 17 heavy (non-hydrogen) atoms. The molecule has 4 heteroatoms. The van der Waals surface area contributed by atoms with E-state index >= 15 is 0 Å². The summed E-state index contributed by atoms with van der Waals surface area (Å²) in [4.78, 5) is 23.9. The number of hydrogen-bond donors (Lipinski definition) is 1. The minimum absolute atomic E-state index is 0.333. The van der Waals surface area contributed by atoms with Gasteiger partial charge in [0.1, 0.15) is 5.78 Å². The molecule has 3 aliphatic heterocycles. The van der Waals surface area contributed by atoms with Crippen LogP contribution in [-0.2, 0) is 9.59 Å². The molecule has 0 amide bonds. The number of carbonyl (C=O) groups excluding carboxylic acids is 2. The third-order valence-electron chi connectivity index (χ3n) is 3.89.